The van der Waals surface area contributed by atoms with Crippen LogP contribution in [0.5, 0.6) is 5.75 Å². The van der Waals surface area contributed by atoms with E-state index in [1.54, 1.807) is 0 Å². The van der Waals surface area contributed by atoms with Crippen molar-refractivity contribution in [1.29, 1.82) is 0 Å². The largest absolute Gasteiger partial charge is 0.493 e. The maximum absolute atomic E-state index is 5.70. The first kappa shape index (κ1) is 13.3. The highest BCUT2D eigenvalue weighted by molar-refractivity contribution is 5.85. The number of para-hydroxylation sites is 1. The summed E-state index contributed by atoms with van der Waals surface area (Å²) in [6.07, 6.45) is 2.86. The molecule has 0 atom stereocenters. The van der Waals surface area contributed by atoms with Gasteiger partial charge in [-0.3, -0.25) is 4.99 Å². The second kappa shape index (κ2) is 6.74. The maximum Gasteiger partial charge on any atom is 0.128 e. The van der Waals surface area contributed by atoms with Crippen LogP contribution in [0.25, 0.3) is 0 Å². The number of benzene rings is 2. The van der Waals surface area contributed by atoms with Gasteiger partial charge in [0.15, 0.2) is 0 Å². The van der Waals surface area contributed by atoms with Gasteiger partial charge in [0.1, 0.15) is 5.75 Å². The summed E-state index contributed by atoms with van der Waals surface area (Å²) in [5, 5.41) is 0. The molecule has 2 aromatic rings. The van der Waals surface area contributed by atoms with Crippen molar-refractivity contribution in [3.05, 3.63) is 59.7 Å². The van der Waals surface area contributed by atoms with Gasteiger partial charge in [-0.05, 0) is 37.6 Å². The maximum atomic E-state index is 5.70. The van der Waals surface area contributed by atoms with Gasteiger partial charge in [-0.25, -0.2) is 0 Å². The van der Waals surface area contributed by atoms with Crippen LogP contribution in [-0.4, -0.2) is 12.8 Å². The third-order valence-electron chi connectivity index (χ3n) is 2.77. The molecule has 0 fully saturated rings. The Balaban J connectivity index is 2.15. The standard InChI is InChI=1S/C17H19NO/c1-3-12-19-17-7-5-4-6-15(17)13-18-16-10-8-14(2)9-11-16/h4-11,13H,3,12H2,1-2H3. The molecule has 2 aromatic carbocycles. The Morgan fingerprint density at radius 1 is 1.05 bits per heavy atom. The lowest BCUT2D eigenvalue weighted by atomic mass is 10.2. The minimum atomic E-state index is 0.732. The molecule has 0 N–H and O–H groups in total. The van der Waals surface area contributed by atoms with Gasteiger partial charge < -0.3 is 4.74 Å². The molecule has 0 aliphatic carbocycles. The summed E-state index contributed by atoms with van der Waals surface area (Å²) in [5.41, 5.74) is 3.21. The van der Waals surface area contributed by atoms with Crippen molar-refractivity contribution in [3.63, 3.8) is 0 Å². The molecule has 0 saturated carbocycles. The molecule has 0 amide bonds. The molecular formula is C17H19NO. The van der Waals surface area contributed by atoms with Crippen LogP contribution in [0, 0.1) is 6.92 Å². The summed E-state index contributed by atoms with van der Waals surface area (Å²) >= 11 is 0. The van der Waals surface area contributed by atoms with E-state index >= 15 is 0 Å². The predicted molar refractivity (Wildman–Crippen MR) is 80.7 cm³/mol. The Hall–Kier alpha value is -2.09. The molecule has 0 aromatic heterocycles. The fourth-order valence-electron chi connectivity index (χ4n) is 1.71. The van der Waals surface area contributed by atoms with Crippen molar-refractivity contribution in [1.82, 2.24) is 0 Å². The van der Waals surface area contributed by atoms with Gasteiger partial charge in [0.05, 0.1) is 12.3 Å². The quantitative estimate of drug-likeness (QED) is 0.717. The zero-order valence-electron chi connectivity index (χ0n) is 11.5. The minimum absolute atomic E-state index is 0.732. The Morgan fingerprint density at radius 3 is 2.53 bits per heavy atom. The number of ether oxygens (including phenoxy) is 1. The van der Waals surface area contributed by atoms with Crippen LogP contribution < -0.4 is 4.74 Å². The lowest BCUT2D eigenvalue weighted by molar-refractivity contribution is 0.317. The van der Waals surface area contributed by atoms with E-state index in [1.807, 2.05) is 42.6 Å². The topological polar surface area (TPSA) is 21.6 Å². The summed E-state index contributed by atoms with van der Waals surface area (Å²) in [5.74, 6) is 0.889. The van der Waals surface area contributed by atoms with E-state index in [0.717, 1.165) is 30.0 Å². The molecule has 0 heterocycles. The Labute approximate surface area is 114 Å². The average molecular weight is 253 g/mol. The zero-order valence-corrected chi connectivity index (χ0v) is 11.5. The molecule has 0 radical (unpaired) electrons. The van der Waals surface area contributed by atoms with Crippen molar-refractivity contribution in [3.8, 4) is 5.75 Å². The lowest BCUT2D eigenvalue weighted by Gasteiger charge is -2.07. The lowest BCUT2D eigenvalue weighted by Crippen LogP contribution is -1.98. The predicted octanol–water partition coefficient (Wildman–Crippen LogP) is 4.53. The summed E-state index contributed by atoms with van der Waals surface area (Å²) in [7, 11) is 0. The third-order valence-corrected chi connectivity index (χ3v) is 2.77. The molecule has 0 unspecified atom stereocenters. The summed E-state index contributed by atoms with van der Waals surface area (Å²) in [4.78, 5) is 4.48. The molecule has 0 saturated heterocycles. The van der Waals surface area contributed by atoms with Gasteiger partial charge in [0, 0.05) is 11.8 Å². The van der Waals surface area contributed by atoms with Gasteiger partial charge in [0.25, 0.3) is 0 Å². The molecule has 0 aliphatic rings. The zero-order chi connectivity index (χ0) is 13.5. The van der Waals surface area contributed by atoms with E-state index in [2.05, 4.69) is 31.0 Å². The number of rotatable bonds is 5. The second-order valence-corrected chi connectivity index (χ2v) is 4.48. The van der Waals surface area contributed by atoms with Crippen LogP contribution in [0.2, 0.25) is 0 Å². The van der Waals surface area contributed by atoms with Crippen molar-refractivity contribution in [2.45, 2.75) is 20.3 Å². The van der Waals surface area contributed by atoms with Gasteiger partial charge in [-0.15, -0.1) is 0 Å². The summed E-state index contributed by atoms with van der Waals surface area (Å²) < 4.78 is 5.70. The van der Waals surface area contributed by atoms with E-state index in [-0.39, 0.29) is 0 Å². The summed E-state index contributed by atoms with van der Waals surface area (Å²) in [6, 6.07) is 16.1. The minimum Gasteiger partial charge on any atom is -0.493 e. The van der Waals surface area contributed by atoms with E-state index in [4.69, 9.17) is 4.74 Å². The van der Waals surface area contributed by atoms with E-state index < -0.39 is 0 Å². The van der Waals surface area contributed by atoms with Gasteiger partial charge in [0.2, 0.25) is 0 Å². The van der Waals surface area contributed by atoms with Gasteiger partial charge in [-0.2, -0.15) is 0 Å². The smallest absolute Gasteiger partial charge is 0.128 e. The Morgan fingerprint density at radius 2 is 1.79 bits per heavy atom. The highest BCUT2D eigenvalue weighted by Crippen LogP contribution is 2.18. The highest BCUT2D eigenvalue weighted by atomic mass is 16.5. The number of aliphatic imine (C=N–C) groups is 1. The third kappa shape index (κ3) is 3.95. The average Bonchev–Trinajstić information content (AvgIpc) is 2.45. The van der Waals surface area contributed by atoms with Crippen molar-refractivity contribution < 1.29 is 4.74 Å². The first-order valence-electron chi connectivity index (χ1n) is 6.62. The number of aryl methyl sites for hydroxylation is 1. The Bertz CT molecular complexity index is 543. The summed E-state index contributed by atoms with van der Waals surface area (Å²) in [6.45, 7) is 4.90. The number of nitrogens with zero attached hydrogens (tertiary/aromatic N) is 1. The van der Waals surface area contributed by atoms with Crippen LogP contribution in [0.4, 0.5) is 5.69 Å². The first-order valence-corrected chi connectivity index (χ1v) is 6.62. The molecule has 0 spiro atoms. The molecule has 19 heavy (non-hydrogen) atoms. The molecule has 0 aliphatic heterocycles. The second-order valence-electron chi connectivity index (χ2n) is 4.48. The molecule has 2 rings (SSSR count). The molecule has 0 bridgehead atoms. The van der Waals surface area contributed by atoms with Crippen LogP contribution in [-0.2, 0) is 0 Å². The van der Waals surface area contributed by atoms with Crippen LogP contribution in [0.1, 0.15) is 24.5 Å². The SMILES string of the molecule is CCCOc1ccccc1C=Nc1ccc(C)cc1. The molecule has 2 heteroatoms. The van der Waals surface area contributed by atoms with E-state index in [9.17, 15) is 0 Å². The molecule has 98 valence electrons. The van der Waals surface area contributed by atoms with E-state index in [1.165, 1.54) is 5.56 Å². The number of hydrogen-bond acceptors (Lipinski definition) is 2. The monoisotopic (exact) mass is 253 g/mol. The van der Waals surface area contributed by atoms with Gasteiger partial charge in [-0.1, -0.05) is 36.8 Å². The normalized spacial score (nSPS) is 10.8. The van der Waals surface area contributed by atoms with Crippen molar-refractivity contribution >= 4 is 11.9 Å². The highest BCUT2D eigenvalue weighted by Gasteiger charge is 1.99. The fourth-order valence-corrected chi connectivity index (χ4v) is 1.71. The van der Waals surface area contributed by atoms with Crippen LogP contribution in [0.15, 0.2) is 53.5 Å². The Kier molecular flexibility index (Phi) is 4.73. The van der Waals surface area contributed by atoms with Crippen LogP contribution >= 0.6 is 0 Å². The number of hydrogen-bond donors (Lipinski definition) is 0. The van der Waals surface area contributed by atoms with Crippen molar-refractivity contribution in [2.75, 3.05) is 6.61 Å². The van der Waals surface area contributed by atoms with Crippen LogP contribution in [0.3, 0.4) is 0 Å². The van der Waals surface area contributed by atoms with Gasteiger partial charge >= 0.3 is 0 Å². The first-order chi connectivity index (χ1) is 9.29. The van der Waals surface area contributed by atoms with Crippen molar-refractivity contribution in [2.24, 2.45) is 4.99 Å². The molecule has 2 nitrogen and oxygen atoms in total. The molecular weight excluding hydrogens is 234 g/mol. The fraction of sp³-hybridized carbons (Fsp3) is 0.235. The van der Waals surface area contributed by atoms with E-state index in [0.29, 0.717) is 0 Å².